The number of aliphatic hydroxyl groups is 1. The fourth-order valence-corrected chi connectivity index (χ4v) is 3.63. The summed E-state index contributed by atoms with van der Waals surface area (Å²) in [5, 5.41) is 9.10. The predicted molar refractivity (Wildman–Crippen MR) is 70.1 cm³/mol. The highest BCUT2D eigenvalue weighted by Crippen LogP contribution is 2.18. The summed E-state index contributed by atoms with van der Waals surface area (Å²) in [5.74, 6) is 0. The van der Waals surface area contributed by atoms with Crippen molar-refractivity contribution in [2.24, 2.45) is 7.05 Å². The Bertz CT molecular complexity index is 532. The van der Waals surface area contributed by atoms with Crippen LogP contribution in [0.4, 0.5) is 0 Å². The Morgan fingerprint density at radius 2 is 2.37 bits per heavy atom. The molecular formula is C12H20N2O4S. The lowest BCUT2D eigenvalue weighted by Crippen LogP contribution is -2.40. The number of nitrogens with one attached hydrogen (secondary N) is 1. The number of aliphatic hydroxyl groups excluding tert-OH is 1. The predicted octanol–water partition coefficient (Wildman–Crippen LogP) is 0.363. The molecule has 1 aliphatic heterocycles. The third-order valence-corrected chi connectivity index (χ3v) is 4.94. The summed E-state index contributed by atoms with van der Waals surface area (Å²) in [4.78, 5) is 0.170. The molecule has 2 heterocycles. The highest BCUT2D eigenvalue weighted by Gasteiger charge is 2.27. The number of hydrogen-bond donors (Lipinski definition) is 2. The van der Waals surface area contributed by atoms with Gasteiger partial charge < -0.3 is 14.4 Å². The van der Waals surface area contributed by atoms with Crippen molar-refractivity contribution in [3.05, 3.63) is 18.0 Å². The molecule has 0 bridgehead atoms. The molecule has 7 heteroatoms. The molecule has 19 heavy (non-hydrogen) atoms. The molecule has 108 valence electrons. The van der Waals surface area contributed by atoms with Crippen LogP contribution >= 0.6 is 0 Å². The van der Waals surface area contributed by atoms with Gasteiger partial charge in [-0.25, -0.2) is 13.1 Å². The van der Waals surface area contributed by atoms with Gasteiger partial charge in [0.2, 0.25) is 10.0 Å². The van der Waals surface area contributed by atoms with Gasteiger partial charge in [-0.3, -0.25) is 0 Å². The number of hydrogen-bond acceptors (Lipinski definition) is 4. The van der Waals surface area contributed by atoms with Gasteiger partial charge in [-0.15, -0.1) is 0 Å². The maximum atomic E-state index is 12.2. The van der Waals surface area contributed by atoms with E-state index in [9.17, 15) is 8.42 Å². The minimum Gasteiger partial charge on any atom is -0.390 e. The highest BCUT2D eigenvalue weighted by molar-refractivity contribution is 7.89. The lowest BCUT2D eigenvalue weighted by Gasteiger charge is -2.19. The molecular weight excluding hydrogens is 268 g/mol. The molecule has 1 aromatic heterocycles. The van der Waals surface area contributed by atoms with Crippen LogP contribution in [0.25, 0.3) is 0 Å². The monoisotopic (exact) mass is 288 g/mol. The maximum Gasteiger partial charge on any atom is 0.242 e. The minimum absolute atomic E-state index is 0.0594. The van der Waals surface area contributed by atoms with Gasteiger partial charge in [0.1, 0.15) is 0 Å². The van der Waals surface area contributed by atoms with Crippen LogP contribution in [0.5, 0.6) is 0 Å². The van der Waals surface area contributed by atoms with Gasteiger partial charge in [0, 0.05) is 31.6 Å². The first-order chi connectivity index (χ1) is 8.94. The summed E-state index contributed by atoms with van der Waals surface area (Å²) in [7, 11) is -1.87. The SMILES string of the molecule is CC(NS(=O)(=O)c1cc(CO)n(C)c1)C1CCCO1. The normalized spacial score (nSPS) is 21.7. The Morgan fingerprint density at radius 3 is 2.89 bits per heavy atom. The molecule has 0 aliphatic carbocycles. The van der Waals surface area contributed by atoms with Crippen LogP contribution in [0.2, 0.25) is 0 Å². The molecule has 0 saturated carbocycles. The molecule has 1 aromatic rings. The lowest BCUT2D eigenvalue weighted by molar-refractivity contribution is 0.0902. The van der Waals surface area contributed by atoms with Gasteiger partial charge in [-0.1, -0.05) is 0 Å². The zero-order valence-electron chi connectivity index (χ0n) is 11.2. The summed E-state index contributed by atoms with van der Waals surface area (Å²) in [6, 6.07) is 1.22. The van der Waals surface area contributed by atoms with Gasteiger partial charge in [-0.2, -0.15) is 0 Å². The standard InChI is InChI=1S/C12H20N2O4S/c1-9(12-4-3-5-18-12)13-19(16,17)11-6-10(8-15)14(2)7-11/h6-7,9,12-13,15H,3-5,8H2,1-2H3. The van der Waals surface area contributed by atoms with E-state index >= 15 is 0 Å². The zero-order valence-corrected chi connectivity index (χ0v) is 12.0. The van der Waals surface area contributed by atoms with Gasteiger partial charge in [0.15, 0.2) is 0 Å². The first-order valence-corrected chi connectivity index (χ1v) is 7.82. The average molecular weight is 288 g/mol. The van der Waals surface area contributed by atoms with E-state index in [0.29, 0.717) is 12.3 Å². The molecule has 6 nitrogen and oxygen atoms in total. The van der Waals surface area contributed by atoms with Gasteiger partial charge in [0.05, 0.1) is 17.6 Å². The first-order valence-electron chi connectivity index (χ1n) is 6.34. The molecule has 2 N–H and O–H groups in total. The maximum absolute atomic E-state index is 12.2. The summed E-state index contributed by atoms with van der Waals surface area (Å²) >= 11 is 0. The first kappa shape index (κ1) is 14.5. The van der Waals surface area contributed by atoms with Crippen molar-refractivity contribution in [3.8, 4) is 0 Å². The molecule has 0 radical (unpaired) electrons. The van der Waals surface area contributed by atoms with E-state index in [-0.39, 0.29) is 23.6 Å². The van der Waals surface area contributed by atoms with E-state index < -0.39 is 10.0 Å². The van der Waals surface area contributed by atoms with Crippen LogP contribution in [0, 0.1) is 0 Å². The van der Waals surface area contributed by atoms with E-state index in [1.807, 2.05) is 6.92 Å². The summed E-state index contributed by atoms with van der Waals surface area (Å²) < 4.78 is 34.1. The van der Waals surface area contributed by atoms with Crippen molar-refractivity contribution < 1.29 is 18.3 Å². The number of nitrogens with zero attached hydrogens (tertiary/aromatic N) is 1. The van der Waals surface area contributed by atoms with Crippen LogP contribution < -0.4 is 4.72 Å². The van der Waals surface area contributed by atoms with Crippen molar-refractivity contribution in [3.63, 3.8) is 0 Å². The number of sulfonamides is 1. The van der Waals surface area contributed by atoms with Crippen molar-refractivity contribution in [2.75, 3.05) is 6.61 Å². The highest BCUT2D eigenvalue weighted by atomic mass is 32.2. The van der Waals surface area contributed by atoms with Crippen molar-refractivity contribution in [1.82, 2.24) is 9.29 Å². The number of aromatic nitrogens is 1. The van der Waals surface area contributed by atoms with E-state index in [0.717, 1.165) is 12.8 Å². The largest absolute Gasteiger partial charge is 0.390 e. The minimum atomic E-state index is -3.57. The second-order valence-corrected chi connectivity index (χ2v) is 6.61. The van der Waals surface area contributed by atoms with Crippen molar-refractivity contribution >= 4 is 10.0 Å². The van der Waals surface area contributed by atoms with Crippen LogP contribution in [0.1, 0.15) is 25.5 Å². The van der Waals surface area contributed by atoms with Gasteiger partial charge in [0.25, 0.3) is 0 Å². The van der Waals surface area contributed by atoms with Crippen LogP contribution in [0.15, 0.2) is 17.2 Å². The zero-order chi connectivity index (χ0) is 14.0. The fraction of sp³-hybridized carbons (Fsp3) is 0.667. The number of aryl methyl sites for hydroxylation is 1. The quantitative estimate of drug-likeness (QED) is 0.820. The number of rotatable bonds is 5. The van der Waals surface area contributed by atoms with E-state index in [1.165, 1.54) is 12.3 Å². The topological polar surface area (TPSA) is 80.6 Å². The van der Waals surface area contributed by atoms with Gasteiger partial charge in [-0.05, 0) is 25.8 Å². The Balaban J connectivity index is 2.12. The fourth-order valence-electron chi connectivity index (χ4n) is 2.27. The Labute approximate surface area is 113 Å². The Hall–Kier alpha value is -0.890. The molecule has 2 unspecified atom stereocenters. The molecule has 2 rings (SSSR count). The second kappa shape index (κ2) is 5.62. The Morgan fingerprint density at radius 1 is 1.63 bits per heavy atom. The Kier molecular flexibility index (Phi) is 4.29. The second-order valence-electron chi connectivity index (χ2n) is 4.90. The van der Waals surface area contributed by atoms with Crippen LogP contribution in [-0.4, -0.2) is 36.8 Å². The summed E-state index contributed by atoms with van der Waals surface area (Å²) in [5.41, 5.74) is 0.560. The molecule has 0 amide bonds. The van der Waals surface area contributed by atoms with Gasteiger partial charge >= 0.3 is 0 Å². The third kappa shape index (κ3) is 3.17. The lowest BCUT2D eigenvalue weighted by atomic mass is 10.1. The third-order valence-electron chi connectivity index (χ3n) is 3.42. The molecule has 0 aromatic carbocycles. The molecule has 0 spiro atoms. The molecule has 1 fully saturated rings. The van der Waals surface area contributed by atoms with E-state index in [1.54, 1.807) is 11.6 Å². The molecule has 1 saturated heterocycles. The van der Waals surface area contributed by atoms with E-state index in [4.69, 9.17) is 9.84 Å². The molecule has 2 atom stereocenters. The molecule has 1 aliphatic rings. The van der Waals surface area contributed by atoms with Crippen LogP contribution in [0.3, 0.4) is 0 Å². The van der Waals surface area contributed by atoms with E-state index in [2.05, 4.69) is 4.72 Å². The smallest absolute Gasteiger partial charge is 0.242 e. The van der Waals surface area contributed by atoms with Crippen LogP contribution in [-0.2, 0) is 28.4 Å². The number of ether oxygens (including phenoxy) is 1. The summed E-state index contributed by atoms with van der Waals surface area (Å²) in [6.07, 6.45) is 3.28. The average Bonchev–Trinajstić information content (AvgIpc) is 2.96. The van der Waals surface area contributed by atoms with Crippen molar-refractivity contribution in [1.29, 1.82) is 0 Å². The summed E-state index contributed by atoms with van der Waals surface area (Å²) in [6.45, 7) is 2.31. The van der Waals surface area contributed by atoms with Crippen molar-refractivity contribution in [2.45, 2.75) is 43.4 Å².